The summed E-state index contributed by atoms with van der Waals surface area (Å²) in [7, 11) is 0. The van der Waals surface area contributed by atoms with E-state index in [0.29, 0.717) is 33.0 Å². The topological polar surface area (TPSA) is 63.2 Å². The fraction of sp³-hybridized carbons (Fsp3) is 0.325. The molecule has 2 aromatic heterocycles. The summed E-state index contributed by atoms with van der Waals surface area (Å²) in [6.45, 7) is 9.87. The molecule has 3 aromatic carbocycles. The number of hydrogen-bond acceptors (Lipinski definition) is 8. The Morgan fingerprint density at radius 1 is 0.583 bits per heavy atom. The van der Waals surface area contributed by atoms with Crippen LogP contribution in [0.4, 0.5) is 0 Å². The van der Waals surface area contributed by atoms with Gasteiger partial charge in [0.15, 0.2) is 0 Å². The molecule has 0 amide bonds. The molecular formula is C40H44O6S2. The third-order valence-corrected chi connectivity index (χ3v) is 10.1. The maximum absolute atomic E-state index is 11.1. The van der Waals surface area contributed by atoms with Crippen LogP contribution in [0.2, 0.25) is 0 Å². The van der Waals surface area contributed by atoms with Gasteiger partial charge in [-0.15, -0.1) is 29.3 Å². The van der Waals surface area contributed by atoms with Crippen molar-refractivity contribution >= 4 is 48.8 Å². The average Bonchev–Trinajstić information content (AvgIpc) is 3.73. The minimum Gasteiger partial charge on any atom is -0.494 e. The first-order valence-corrected chi connectivity index (χ1v) is 18.3. The maximum Gasteiger partial charge on any atom is 0.330 e. The first-order chi connectivity index (χ1) is 23.6. The smallest absolute Gasteiger partial charge is 0.330 e. The quantitative estimate of drug-likeness (QED) is 0.0181. The molecule has 0 saturated heterocycles. The molecule has 0 spiro atoms. The minimum atomic E-state index is -0.358. The van der Waals surface area contributed by atoms with Crippen LogP contribution in [0.15, 0.2) is 98.1 Å². The van der Waals surface area contributed by atoms with Crippen LogP contribution in [-0.2, 0) is 19.3 Å². The van der Waals surface area contributed by atoms with E-state index in [1.807, 2.05) is 22.7 Å². The zero-order valence-electron chi connectivity index (χ0n) is 27.5. The fourth-order valence-corrected chi connectivity index (χ4v) is 7.43. The van der Waals surface area contributed by atoms with Crippen LogP contribution in [0.3, 0.4) is 0 Å². The number of hydrogen-bond donors (Lipinski definition) is 0. The molecule has 0 aliphatic rings. The number of fused-ring (bicyclic) bond motifs is 2. The Kier molecular flexibility index (Phi) is 14.1. The molecule has 5 aromatic rings. The van der Waals surface area contributed by atoms with Gasteiger partial charge in [-0.25, -0.2) is 14.6 Å². The predicted molar refractivity (Wildman–Crippen MR) is 199 cm³/mol. The molecule has 0 aliphatic carbocycles. The summed E-state index contributed by atoms with van der Waals surface area (Å²) in [4.78, 5) is 23.6. The molecule has 5 rings (SSSR count). The highest BCUT2D eigenvalue weighted by Crippen LogP contribution is 2.40. The number of carbonyl (C=O) groups is 1. The first-order valence-electron chi connectivity index (χ1n) is 16.7. The maximum atomic E-state index is 11.1. The second kappa shape index (κ2) is 19.1. The van der Waals surface area contributed by atoms with Gasteiger partial charge in [0.1, 0.15) is 18.1 Å². The van der Waals surface area contributed by atoms with Gasteiger partial charge in [0.25, 0.3) is 0 Å². The zero-order valence-corrected chi connectivity index (χ0v) is 29.1. The summed E-state index contributed by atoms with van der Waals surface area (Å²) in [6, 6.07) is 26.1. The summed E-state index contributed by atoms with van der Waals surface area (Å²) in [6.07, 6.45) is 10.9. The first kappa shape index (κ1) is 35.4. The van der Waals surface area contributed by atoms with Gasteiger partial charge in [0.2, 0.25) is 0 Å². The van der Waals surface area contributed by atoms with Crippen LogP contribution in [0.1, 0.15) is 51.4 Å². The van der Waals surface area contributed by atoms with E-state index < -0.39 is 0 Å². The minimum absolute atomic E-state index is 0.358. The summed E-state index contributed by atoms with van der Waals surface area (Å²) in [5, 5.41) is 2.54. The summed E-state index contributed by atoms with van der Waals surface area (Å²) < 4.78 is 19.5. The van der Waals surface area contributed by atoms with Gasteiger partial charge in [-0.05, 0) is 140 Å². The van der Waals surface area contributed by atoms with Gasteiger partial charge in [0.05, 0.1) is 26.4 Å². The lowest BCUT2D eigenvalue weighted by Crippen LogP contribution is -2.02. The molecule has 2 heterocycles. The van der Waals surface area contributed by atoms with Gasteiger partial charge in [0, 0.05) is 25.2 Å². The Labute approximate surface area is 291 Å². The molecule has 0 aliphatic heterocycles. The highest BCUT2D eigenvalue weighted by molar-refractivity contribution is 7.23. The van der Waals surface area contributed by atoms with Gasteiger partial charge in [-0.3, -0.25) is 0 Å². The van der Waals surface area contributed by atoms with E-state index in [2.05, 4.69) is 86.0 Å². The highest BCUT2D eigenvalue weighted by Gasteiger charge is 2.10. The molecule has 8 heteroatoms. The predicted octanol–water partition coefficient (Wildman–Crippen LogP) is 11.2. The van der Waals surface area contributed by atoms with Crippen LogP contribution >= 0.6 is 22.7 Å². The van der Waals surface area contributed by atoms with E-state index in [9.17, 15) is 4.79 Å². The largest absolute Gasteiger partial charge is 0.494 e. The Hall–Kier alpha value is -3.95. The van der Waals surface area contributed by atoms with E-state index in [-0.39, 0.29) is 5.97 Å². The van der Waals surface area contributed by atoms with E-state index >= 15 is 0 Å². The van der Waals surface area contributed by atoms with Gasteiger partial charge in [-0.2, -0.15) is 0 Å². The molecule has 252 valence electrons. The summed E-state index contributed by atoms with van der Waals surface area (Å²) >= 11 is 3.65. The standard InChI is InChI=1S/C40H44O6S2/c1-3-21-45-46-25-12-8-7-10-23-43-35-19-15-31(16-20-35)37-27-33-29-38-32(28-39(33)48-37)26-36(47-38)30-13-17-34(18-14-30)42-22-9-5-6-11-24-44-40(41)4-2/h3-4,13-20,26-29H,1-2,5-12,21-25H2. The van der Waals surface area contributed by atoms with Crippen molar-refractivity contribution in [2.45, 2.75) is 51.4 Å². The van der Waals surface area contributed by atoms with Crippen molar-refractivity contribution in [2.75, 3.05) is 33.0 Å². The fourth-order valence-electron chi connectivity index (χ4n) is 5.23. The monoisotopic (exact) mass is 684 g/mol. The Morgan fingerprint density at radius 3 is 1.54 bits per heavy atom. The number of ether oxygens (including phenoxy) is 3. The number of esters is 1. The Balaban J connectivity index is 1.06. The lowest BCUT2D eigenvalue weighted by molar-refractivity contribution is -0.286. The molecule has 0 bridgehead atoms. The lowest BCUT2D eigenvalue weighted by Gasteiger charge is -2.07. The van der Waals surface area contributed by atoms with Crippen LogP contribution in [0.25, 0.3) is 41.1 Å². The summed E-state index contributed by atoms with van der Waals surface area (Å²) in [5.74, 6) is 1.44. The second-order valence-electron chi connectivity index (χ2n) is 11.5. The number of rotatable bonds is 22. The number of thiophene rings is 2. The molecule has 0 unspecified atom stereocenters. The van der Waals surface area contributed by atoms with Crippen molar-refractivity contribution in [2.24, 2.45) is 0 Å². The van der Waals surface area contributed by atoms with Gasteiger partial charge in [-0.1, -0.05) is 19.1 Å². The lowest BCUT2D eigenvalue weighted by atomic mass is 10.1. The number of benzene rings is 3. The number of unbranched alkanes of at least 4 members (excludes halogenated alkanes) is 6. The number of carbonyl (C=O) groups excluding carboxylic acids is 1. The SMILES string of the molecule is C=CCOOCCCCCCOc1ccc(-c2cc3cc4sc(-c5ccc(OCCCCCCOC(=O)C=C)cc5)cc4cc3s2)cc1. The van der Waals surface area contributed by atoms with E-state index in [4.69, 9.17) is 24.0 Å². The highest BCUT2D eigenvalue weighted by atomic mass is 32.1. The van der Waals surface area contributed by atoms with Crippen LogP contribution in [0.5, 0.6) is 11.5 Å². The van der Waals surface area contributed by atoms with E-state index in [1.165, 1.54) is 47.1 Å². The molecule has 0 saturated carbocycles. The van der Waals surface area contributed by atoms with Crippen LogP contribution < -0.4 is 9.47 Å². The van der Waals surface area contributed by atoms with Crippen LogP contribution in [0, 0.1) is 0 Å². The molecule has 0 fully saturated rings. The normalized spacial score (nSPS) is 11.2. The Bertz CT molecular complexity index is 1680. The van der Waals surface area contributed by atoms with Crippen molar-refractivity contribution < 1.29 is 28.8 Å². The van der Waals surface area contributed by atoms with Crippen LogP contribution in [-0.4, -0.2) is 39.0 Å². The van der Waals surface area contributed by atoms with Crippen molar-refractivity contribution in [3.63, 3.8) is 0 Å². The molecule has 0 N–H and O–H groups in total. The molecule has 0 atom stereocenters. The van der Waals surface area contributed by atoms with Crippen molar-refractivity contribution in [3.8, 4) is 32.4 Å². The van der Waals surface area contributed by atoms with E-state index in [0.717, 1.165) is 62.9 Å². The van der Waals surface area contributed by atoms with Crippen molar-refractivity contribution in [3.05, 3.63) is 98.1 Å². The molecule has 48 heavy (non-hydrogen) atoms. The Morgan fingerprint density at radius 2 is 1.06 bits per heavy atom. The van der Waals surface area contributed by atoms with Gasteiger partial charge >= 0.3 is 5.97 Å². The molecule has 0 radical (unpaired) electrons. The molecular weight excluding hydrogens is 641 g/mol. The second-order valence-corrected chi connectivity index (χ2v) is 13.7. The molecule has 6 nitrogen and oxygen atoms in total. The van der Waals surface area contributed by atoms with Gasteiger partial charge < -0.3 is 14.2 Å². The zero-order chi connectivity index (χ0) is 33.4. The van der Waals surface area contributed by atoms with Crippen molar-refractivity contribution in [1.82, 2.24) is 0 Å². The third-order valence-electron chi connectivity index (χ3n) is 7.81. The third kappa shape index (κ3) is 10.8. The summed E-state index contributed by atoms with van der Waals surface area (Å²) in [5.41, 5.74) is 2.41. The average molecular weight is 685 g/mol. The van der Waals surface area contributed by atoms with Crippen molar-refractivity contribution in [1.29, 1.82) is 0 Å². The van der Waals surface area contributed by atoms with E-state index in [1.54, 1.807) is 6.08 Å².